The minimum absolute atomic E-state index is 0.0431. The van der Waals surface area contributed by atoms with E-state index in [9.17, 15) is 33.6 Å². The molecule has 22 heteroatoms. The number of carbonyl (C=O) groups is 7. The fourth-order valence-electron chi connectivity index (χ4n) is 3.47. The van der Waals surface area contributed by atoms with Crippen LogP contribution in [0.4, 0.5) is 0 Å². The van der Waals surface area contributed by atoms with Crippen molar-refractivity contribution in [3.05, 3.63) is 0 Å². The standard InChI is InChI=1S/C17H28O12.C13H23NO9/c18-13(19)1-5-26-9-17(10-27-6-2-14(20)21,11-28-7-3-15(22)23)12-29-8-4-16(24)25;14-13(7-21-4-1-10(15)16,8-22-5-2-11(17)18)9-23-6-3-12(19)20/h1-12H2,(H,18,19)(H,20,21)(H,22,23)(H,24,25);1-9,14H2,(H,15,16)(H,17,18)(H,19,20). The van der Waals surface area contributed by atoms with Crippen molar-refractivity contribution < 1.29 is 102 Å². The van der Waals surface area contributed by atoms with Crippen LogP contribution in [-0.2, 0) is 66.7 Å². The Bertz CT molecular complexity index is 919. The lowest BCUT2D eigenvalue weighted by atomic mass is 9.92. The summed E-state index contributed by atoms with van der Waals surface area (Å²) >= 11 is 0. The molecule has 0 bridgehead atoms. The molecule has 0 heterocycles. The maximum absolute atomic E-state index is 10.6. The summed E-state index contributed by atoms with van der Waals surface area (Å²) in [5, 5.41) is 60.4. The molecule has 0 fully saturated rings. The first kappa shape index (κ1) is 50.1. The van der Waals surface area contributed by atoms with Gasteiger partial charge in [0.15, 0.2) is 0 Å². The van der Waals surface area contributed by atoms with E-state index in [2.05, 4.69) is 0 Å². The molecule has 22 nitrogen and oxygen atoms in total. The first-order valence-corrected chi connectivity index (χ1v) is 15.8. The zero-order chi connectivity index (χ0) is 39.8. The van der Waals surface area contributed by atoms with Crippen molar-refractivity contribution in [3.8, 4) is 0 Å². The number of aliphatic carboxylic acids is 7. The quantitative estimate of drug-likeness (QED) is 0.0362. The highest BCUT2D eigenvalue weighted by Crippen LogP contribution is 2.21. The van der Waals surface area contributed by atoms with Crippen LogP contribution in [-0.4, -0.2) is 176 Å². The van der Waals surface area contributed by atoms with Crippen LogP contribution >= 0.6 is 0 Å². The van der Waals surface area contributed by atoms with Gasteiger partial charge in [0.2, 0.25) is 0 Å². The van der Waals surface area contributed by atoms with E-state index in [1.54, 1.807) is 0 Å². The van der Waals surface area contributed by atoms with Crippen LogP contribution in [0.1, 0.15) is 44.9 Å². The lowest BCUT2D eigenvalue weighted by Crippen LogP contribution is -2.53. The van der Waals surface area contributed by atoms with Gasteiger partial charge in [0.25, 0.3) is 0 Å². The number of nitrogens with two attached hydrogens (primary N) is 1. The minimum atomic E-state index is -1.13. The summed E-state index contributed by atoms with van der Waals surface area (Å²) in [4.78, 5) is 73.7. The first-order chi connectivity index (χ1) is 24.4. The Balaban J connectivity index is 0. The van der Waals surface area contributed by atoms with Crippen molar-refractivity contribution in [1.29, 1.82) is 0 Å². The average Bonchev–Trinajstić information content (AvgIpc) is 3.04. The predicted molar refractivity (Wildman–Crippen MR) is 171 cm³/mol. The molecular weight excluding hydrogens is 710 g/mol. The number of rotatable bonds is 35. The largest absolute Gasteiger partial charge is 0.481 e. The Morgan fingerprint density at radius 2 is 0.481 bits per heavy atom. The molecule has 0 saturated carbocycles. The van der Waals surface area contributed by atoms with Gasteiger partial charge < -0.3 is 74.6 Å². The van der Waals surface area contributed by atoms with Crippen molar-refractivity contribution in [2.45, 2.75) is 50.5 Å². The Kier molecular flexibility index (Phi) is 29.5. The van der Waals surface area contributed by atoms with E-state index in [4.69, 9.17) is 74.6 Å². The van der Waals surface area contributed by atoms with E-state index in [1.807, 2.05) is 0 Å². The smallest absolute Gasteiger partial charge is 0.305 e. The molecule has 0 rings (SSSR count). The topological polar surface area (TPSA) is 352 Å². The molecule has 0 amide bonds. The van der Waals surface area contributed by atoms with Crippen LogP contribution in [0.2, 0.25) is 0 Å². The van der Waals surface area contributed by atoms with Gasteiger partial charge in [-0.1, -0.05) is 0 Å². The molecular formula is C30H51NO21. The SMILES string of the molecule is NC(COCCC(=O)O)(COCCC(=O)O)COCCC(=O)O.O=C(O)CCOCC(COCCC(=O)O)(COCCC(=O)O)COCCC(=O)O. The summed E-state index contributed by atoms with van der Waals surface area (Å²) in [5.74, 6) is -7.24. The Hall–Kier alpha value is -4.03. The van der Waals surface area contributed by atoms with Crippen molar-refractivity contribution in [3.63, 3.8) is 0 Å². The number of carboxylic acids is 7. The molecule has 0 atom stereocenters. The summed E-state index contributed by atoms with van der Waals surface area (Å²) < 4.78 is 37.0. The molecule has 0 spiro atoms. The van der Waals surface area contributed by atoms with Gasteiger partial charge in [-0.2, -0.15) is 0 Å². The number of ether oxygens (including phenoxy) is 7. The molecule has 9 N–H and O–H groups in total. The normalized spacial score (nSPS) is 11.3. The molecule has 0 aromatic heterocycles. The zero-order valence-electron chi connectivity index (χ0n) is 28.8. The van der Waals surface area contributed by atoms with Gasteiger partial charge >= 0.3 is 41.8 Å². The lowest BCUT2D eigenvalue weighted by molar-refractivity contribution is -0.144. The van der Waals surface area contributed by atoms with Gasteiger partial charge in [0.1, 0.15) is 0 Å². The highest BCUT2D eigenvalue weighted by Gasteiger charge is 2.33. The summed E-state index contributed by atoms with van der Waals surface area (Å²) in [7, 11) is 0. The highest BCUT2D eigenvalue weighted by molar-refractivity contribution is 5.68. The fourth-order valence-corrected chi connectivity index (χ4v) is 3.47. The number of hydrogen-bond donors (Lipinski definition) is 8. The summed E-state index contributed by atoms with van der Waals surface area (Å²) in [6, 6.07) is 0. The fraction of sp³-hybridized carbons (Fsp3) is 0.767. The van der Waals surface area contributed by atoms with E-state index in [-0.39, 0.29) is 137 Å². The molecule has 0 unspecified atom stereocenters. The minimum Gasteiger partial charge on any atom is -0.481 e. The van der Waals surface area contributed by atoms with Crippen molar-refractivity contribution >= 4 is 41.8 Å². The average molecular weight is 762 g/mol. The van der Waals surface area contributed by atoms with Crippen LogP contribution in [0.15, 0.2) is 0 Å². The maximum Gasteiger partial charge on any atom is 0.305 e. The monoisotopic (exact) mass is 761 g/mol. The van der Waals surface area contributed by atoms with Gasteiger partial charge in [-0.05, 0) is 0 Å². The van der Waals surface area contributed by atoms with Gasteiger partial charge in [-0.3, -0.25) is 33.6 Å². The third-order valence-electron chi connectivity index (χ3n) is 6.02. The van der Waals surface area contributed by atoms with E-state index >= 15 is 0 Å². The van der Waals surface area contributed by atoms with Crippen LogP contribution in [0.5, 0.6) is 0 Å². The van der Waals surface area contributed by atoms with Gasteiger partial charge in [0.05, 0.1) is 148 Å². The molecule has 0 aliphatic rings. The van der Waals surface area contributed by atoms with E-state index < -0.39 is 52.7 Å². The number of carboxylic acid groups (broad SMARTS) is 7. The number of hydrogen-bond acceptors (Lipinski definition) is 15. The lowest BCUT2D eigenvalue weighted by Gasteiger charge is -2.33. The van der Waals surface area contributed by atoms with Crippen molar-refractivity contribution in [1.82, 2.24) is 0 Å². The second kappa shape index (κ2) is 30.6. The van der Waals surface area contributed by atoms with E-state index in [0.29, 0.717) is 0 Å². The Morgan fingerprint density at radius 3 is 0.635 bits per heavy atom. The molecule has 0 aliphatic heterocycles. The molecule has 0 radical (unpaired) electrons. The maximum atomic E-state index is 10.6. The van der Waals surface area contributed by atoms with Crippen LogP contribution in [0, 0.1) is 5.41 Å². The van der Waals surface area contributed by atoms with Crippen LogP contribution < -0.4 is 5.73 Å². The highest BCUT2D eigenvalue weighted by atomic mass is 16.5. The Morgan fingerprint density at radius 1 is 0.327 bits per heavy atom. The second-order valence-corrected chi connectivity index (χ2v) is 11.2. The third-order valence-corrected chi connectivity index (χ3v) is 6.02. The van der Waals surface area contributed by atoms with E-state index in [1.165, 1.54) is 0 Å². The van der Waals surface area contributed by atoms with Gasteiger partial charge in [-0.25, -0.2) is 0 Å². The molecule has 0 aliphatic carbocycles. The third kappa shape index (κ3) is 34.4. The van der Waals surface area contributed by atoms with Gasteiger partial charge in [0, 0.05) is 0 Å². The zero-order valence-corrected chi connectivity index (χ0v) is 28.8. The summed E-state index contributed by atoms with van der Waals surface area (Å²) in [5.41, 5.74) is 3.90. The van der Waals surface area contributed by atoms with Crippen molar-refractivity contribution in [2.24, 2.45) is 11.1 Å². The molecule has 302 valence electrons. The summed E-state index contributed by atoms with van der Waals surface area (Å²) in [6.07, 6.45) is -1.52. The molecule has 0 aromatic carbocycles. The Labute approximate surface area is 298 Å². The van der Waals surface area contributed by atoms with E-state index in [0.717, 1.165) is 0 Å². The molecule has 0 aromatic rings. The van der Waals surface area contributed by atoms with Crippen LogP contribution in [0.25, 0.3) is 0 Å². The van der Waals surface area contributed by atoms with Crippen molar-refractivity contribution in [2.75, 3.05) is 92.5 Å². The molecule has 52 heavy (non-hydrogen) atoms. The second-order valence-electron chi connectivity index (χ2n) is 11.2. The summed E-state index contributed by atoms with van der Waals surface area (Å²) in [6.45, 7) is -1.04. The predicted octanol–water partition coefficient (Wildman–Crippen LogP) is -0.904. The first-order valence-electron chi connectivity index (χ1n) is 15.8. The van der Waals surface area contributed by atoms with Crippen LogP contribution in [0.3, 0.4) is 0 Å². The van der Waals surface area contributed by atoms with Gasteiger partial charge in [-0.15, -0.1) is 0 Å². The molecule has 0 saturated heterocycles.